The van der Waals surface area contributed by atoms with Gasteiger partial charge in [-0.25, -0.2) is 0 Å². The number of fused-ring (bicyclic) bond motifs is 7. The van der Waals surface area contributed by atoms with Gasteiger partial charge in [-0.15, -0.1) is 0 Å². The highest BCUT2D eigenvalue weighted by Crippen LogP contribution is 2.62. The molecule has 0 saturated heterocycles. The lowest BCUT2D eigenvalue weighted by Gasteiger charge is -2.44. The normalized spacial score (nSPS) is 16.3. The summed E-state index contributed by atoms with van der Waals surface area (Å²) in [5.74, 6) is 0. The minimum absolute atomic E-state index is 0.0279. The SMILES string of the molecule is CC1(C)c2ccccc2-c2c(N(c3ccc(-c4ccccc4)cc3)c3ccc(-c4ccc(-n5c6ccccc6c6cc7c(cc65)C(C)(C)C(C)(C)C7(C)C)cc4)cc3)cccc21. The van der Waals surface area contributed by atoms with Gasteiger partial charge < -0.3 is 9.47 Å². The summed E-state index contributed by atoms with van der Waals surface area (Å²) in [4.78, 5) is 2.45. The van der Waals surface area contributed by atoms with Crippen LogP contribution in [-0.4, -0.2) is 4.57 Å². The fourth-order valence-corrected chi connectivity index (χ4v) is 11.2. The molecule has 0 fully saturated rings. The van der Waals surface area contributed by atoms with Crippen molar-refractivity contribution in [3.05, 3.63) is 204 Å². The zero-order valence-electron chi connectivity index (χ0n) is 37.2. The third kappa shape index (κ3) is 5.35. The summed E-state index contributed by atoms with van der Waals surface area (Å²) in [6, 6.07) is 67.7. The molecular formula is C60H54N2. The van der Waals surface area contributed by atoms with Gasteiger partial charge in [0.15, 0.2) is 0 Å². The van der Waals surface area contributed by atoms with Crippen LogP contribution < -0.4 is 4.90 Å². The Bertz CT molecular complexity index is 3190. The van der Waals surface area contributed by atoms with Crippen LogP contribution in [0.25, 0.3) is 60.9 Å². The van der Waals surface area contributed by atoms with E-state index in [2.05, 4.69) is 247 Å². The van der Waals surface area contributed by atoms with Gasteiger partial charge in [0.1, 0.15) is 0 Å². The fraction of sp³-hybridized carbons (Fsp3) is 0.200. The molecule has 0 bridgehead atoms. The summed E-state index contributed by atoms with van der Waals surface area (Å²) >= 11 is 0. The topological polar surface area (TPSA) is 8.17 Å². The molecule has 62 heavy (non-hydrogen) atoms. The van der Waals surface area contributed by atoms with Gasteiger partial charge in [-0.3, -0.25) is 0 Å². The largest absolute Gasteiger partial charge is 0.310 e. The van der Waals surface area contributed by atoms with E-state index < -0.39 is 0 Å². The number of anilines is 3. The number of hydrogen-bond donors (Lipinski definition) is 0. The van der Waals surface area contributed by atoms with Gasteiger partial charge >= 0.3 is 0 Å². The highest BCUT2D eigenvalue weighted by Gasteiger charge is 2.57. The van der Waals surface area contributed by atoms with Crippen LogP contribution in [0.15, 0.2) is 182 Å². The van der Waals surface area contributed by atoms with Crippen molar-refractivity contribution < 1.29 is 0 Å². The Balaban J connectivity index is 0.992. The lowest BCUT2D eigenvalue weighted by Crippen LogP contribution is -2.42. The van der Waals surface area contributed by atoms with E-state index in [1.54, 1.807) is 0 Å². The second kappa shape index (κ2) is 13.4. The van der Waals surface area contributed by atoms with Crippen molar-refractivity contribution in [1.29, 1.82) is 0 Å². The fourth-order valence-electron chi connectivity index (χ4n) is 11.2. The van der Waals surface area contributed by atoms with Gasteiger partial charge in [-0.05, 0) is 127 Å². The first-order valence-corrected chi connectivity index (χ1v) is 22.3. The number of para-hydroxylation sites is 1. The average Bonchev–Trinajstić information content (AvgIpc) is 3.78. The van der Waals surface area contributed by atoms with Gasteiger partial charge in [0.05, 0.1) is 16.7 Å². The second-order valence-electron chi connectivity index (χ2n) is 19.9. The van der Waals surface area contributed by atoms with Crippen LogP contribution in [0.2, 0.25) is 0 Å². The zero-order valence-corrected chi connectivity index (χ0v) is 37.2. The first kappa shape index (κ1) is 38.3. The molecule has 0 saturated carbocycles. The average molecular weight is 803 g/mol. The van der Waals surface area contributed by atoms with Crippen molar-refractivity contribution in [3.8, 4) is 39.1 Å². The van der Waals surface area contributed by atoms with Crippen LogP contribution in [0.3, 0.4) is 0 Å². The van der Waals surface area contributed by atoms with E-state index in [0.717, 1.165) is 11.4 Å². The standard InChI is InChI=1S/C60H54N2/c1-57(2)49-21-14-12-20-47(49)56-50(57)22-16-24-54(56)61(43-31-25-40(26-32-43)39-17-10-9-11-18-39)44-33-27-41(28-34-44)42-29-35-45(36-30-42)62-53-23-15-13-19-46(53)48-37-51-52(38-55(48)62)59(5,6)60(7,8)58(51,3)4/h9-38H,1-8H3. The lowest BCUT2D eigenvalue weighted by molar-refractivity contribution is 0.125. The Morgan fingerprint density at radius 2 is 0.903 bits per heavy atom. The molecule has 0 N–H and O–H groups in total. The Labute approximate surface area is 367 Å². The maximum absolute atomic E-state index is 2.51. The summed E-state index contributed by atoms with van der Waals surface area (Å²) in [5, 5.41) is 2.63. The summed E-state index contributed by atoms with van der Waals surface area (Å²) in [6.45, 7) is 19.4. The van der Waals surface area contributed by atoms with E-state index in [1.807, 2.05) is 0 Å². The van der Waals surface area contributed by atoms with Crippen LogP contribution in [0.4, 0.5) is 17.1 Å². The first-order chi connectivity index (χ1) is 29.8. The van der Waals surface area contributed by atoms with Crippen molar-refractivity contribution in [1.82, 2.24) is 4.57 Å². The van der Waals surface area contributed by atoms with E-state index in [1.165, 1.54) is 88.8 Å². The van der Waals surface area contributed by atoms with Crippen molar-refractivity contribution in [2.75, 3.05) is 4.90 Å². The molecule has 0 atom stereocenters. The monoisotopic (exact) mass is 802 g/mol. The maximum Gasteiger partial charge on any atom is 0.0544 e. The van der Waals surface area contributed by atoms with Crippen molar-refractivity contribution >= 4 is 38.9 Å². The molecule has 0 amide bonds. The molecule has 2 aliphatic rings. The Morgan fingerprint density at radius 1 is 0.387 bits per heavy atom. The van der Waals surface area contributed by atoms with E-state index >= 15 is 0 Å². The van der Waals surface area contributed by atoms with Gasteiger partial charge in [0, 0.05) is 38.8 Å². The van der Waals surface area contributed by atoms with Gasteiger partial charge in [0.2, 0.25) is 0 Å². The molecule has 0 aliphatic heterocycles. The molecule has 0 radical (unpaired) electrons. The number of benzene rings is 8. The Hall–Kier alpha value is -6.64. The minimum Gasteiger partial charge on any atom is -0.310 e. The molecule has 1 aromatic heterocycles. The molecule has 0 unspecified atom stereocenters. The van der Waals surface area contributed by atoms with Crippen LogP contribution in [-0.2, 0) is 16.2 Å². The summed E-state index contributed by atoms with van der Waals surface area (Å²) in [6.07, 6.45) is 0. The number of nitrogens with zero attached hydrogens (tertiary/aromatic N) is 2. The van der Waals surface area contributed by atoms with Crippen LogP contribution in [0.5, 0.6) is 0 Å². The number of hydrogen-bond acceptors (Lipinski definition) is 1. The molecule has 0 spiro atoms. The van der Waals surface area contributed by atoms with E-state index in [4.69, 9.17) is 0 Å². The highest BCUT2D eigenvalue weighted by atomic mass is 15.1. The second-order valence-corrected chi connectivity index (χ2v) is 19.9. The van der Waals surface area contributed by atoms with Gasteiger partial charge in [-0.1, -0.05) is 177 Å². The van der Waals surface area contributed by atoms with Crippen molar-refractivity contribution in [3.63, 3.8) is 0 Å². The quantitative estimate of drug-likeness (QED) is 0.163. The molecule has 304 valence electrons. The molecule has 2 aliphatic carbocycles. The molecular weight excluding hydrogens is 749 g/mol. The minimum atomic E-state index is -0.0928. The molecule has 2 heteroatoms. The third-order valence-electron chi connectivity index (χ3n) is 15.9. The highest BCUT2D eigenvalue weighted by molar-refractivity contribution is 6.10. The molecule has 2 nitrogen and oxygen atoms in total. The van der Waals surface area contributed by atoms with E-state index in [-0.39, 0.29) is 21.7 Å². The van der Waals surface area contributed by atoms with Crippen LogP contribution in [0.1, 0.15) is 77.6 Å². The smallest absolute Gasteiger partial charge is 0.0544 e. The summed E-state index contributed by atoms with van der Waals surface area (Å²) in [5.41, 5.74) is 20.4. The Kier molecular flexibility index (Phi) is 8.29. The third-order valence-corrected chi connectivity index (χ3v) is 15.9. The van der Waals surface area contributed by atoms with Gasteiger partial charge in [0.25, 0.3) is 0 Å². The number of aromatic nitrogens is 1. The maximum atomic E-state index is 2.51. The van der Waals surface area contributed by atoms with Crippen LogP contribution in [0, 0.1) is 5.41 Å². The Morgan fingerprint density at radius 3 is 1.55 bits per heavy atom. The first-order valence-electron chi connectivity index (χ1n) is 22.3. The lowest BCUT2D eigenvalue weighted by atomic mass is 9.59. The zero-order chi connectivity index (χ0) is 42.8. The van der Waals surface area contributed by atoms with E-state index in [0.29, 0.717) is 0 Å². The number of rotatable bonds is 6. The van der Waals surface area contributed by atoms with Crippen LogP contribution >= 0.6 is 0 Å². The molecule has 9 aromatic rings. The molecule has 8 aromatic carbocycles. The van der Waals surface area contributed by atoms with Crippen molar-refractivity contribution in [2.24, 2.45) is 5.41 Å². The van der Waals surface area contributed by atoms with E-state index in [9.17, 15) is 0 Å². The van der Waals surface area contributed by atoms with Crippen molar-refractivity contribution in [2.45, 2.75) is 71.6 Å². The molecule has 11 rings (SSSR count). The summed E-state index contributed by atoms with van der Waals surface area (Å²) < 4.78 is 2.48. The molecule has 1 heterocycles. The summed E-state index contributed by atoms with van der Waals surface area (Å²) in [7, 11) is 0. The predicted octanol–water partition coefficient (Wildman–Crippen LogP) is 16.5. The predicted molar refractivity (Wildman–Crippen MR) is 264 cm³/mol. The van der Waals surface area contributed by atoms with Gasteiger partial charge in [-0.2, -0.15) is 0 Å².